The quantitative estimate of drug-likeness (QED) is 0.795. The second-order valence-electron chi connectivity index (χ2n) is 7.36. The summed E-state index contributed by atoms with van der Waals surface area (Å²) in [5.74, 6) is 2.15. The van der Waals surface area contributed by atoms with Gasteiger partial charge in [0.25, 0.3) is 0 Å². The van der Waals surface area contributed by atoms with E-state index < -0.39 is 11.7 Å². The molecule has 2 aromatic rings. The summed E-state index contributed by atoms with van der Waals surface area (Å²) in [6.07, 6.45) is 0.241. The van der Waals surface area contributed by atoms with E-state index in [1.807, 2.05) is 18.0 Å². The normalized spacial score (nSPS) is 19.5. The molecule has 146 valence electrons. The molecule has 8 heteroatoms. The van der Waals surface area contributed by atoms with Gasteiger partial charge in [-0.25, -0.2) is 9.97 Å². The number of hydrogen-bond donors (Lipinski definition) is 0. The molecule has 5 nitrogen and oxygen atoms in total. The molecule has 1 saturated heterocycles. The van der Waals surface area contributed by atoms with Gasteiger partial charge in [-0.1, -0.05) is 6.07 Å². The Hall–Kier alpha value is -2.82. The summed E-state index contributed by atoms with van der Waals surface area (Å²) in [5.41, 5.74) is -0.847. The second-order valence-corrected chi connectivity index (χ2v) is 7.36. The van der Waals surface area contributed by atoms with Crippen molar-refractivity contribution in [2.24, 2.45) is 0 Å². The van der Waals surface area contributed by atoms with Crippen molar-refractivity contribution in [1.29, 1.82) is 5.26 Å². The van der Waals surface area contributed by atoms with E-state index >= 15 is 0 Å². The molecule has 1 atom stereocenters. The molecule has 1 aliphatic carbocycles. The predicted molar refractivity (Wildman–Crippen MR) is 99.2 cm³/mol. The minimum atomic E-state index is -4.54. The van der Waals surface area contributed by atoms with Crippen LogP contribution in [-0.4, -0.2) is 36.1 Å². The molecule has 1 aromatic heterocycles. The number of alkyl halides is 3. The van der Waals surface area contributed by atoms with Crippen LogP contribution in [0.25, 0.3) is 0 Å². The van der Waals surface area contributed by atoms with Crippen molar-refractivity contribution < 1.29 is 13.2 Å². The summed E-state index contributed by atoms with van der Waals surface area (Å²) in [5, 5.41) is 9.36. The van der Waals surface area contributed by atoms with Gasteiger partial charge in [-0.3, -0.25) is 0 Å². The molecule has 0 N–H and O–H groups in total. The molecule has 1 unspecified atom stereocenters. The van der Waals surface area contributed by atoms with Crippen LogP contribution in [-0.2, 0) is 6.18 Å². The first-order valence-corrected chi connectivity index (χ1v) is 9.29. The van der Waals surface area contributed by atoms with Crippen LogP contribution in [0.15, 0.2) is 30.5 Å². The lowest BCUT2D eigenvalue weighted by Gasteiger charge is -2.27. The zero-order chi connectivity index (χ0) is 19.9. The molecular formula is C20H20F3N5. The van der Waals surface area contributed by atoms with E-state index in [0.29, 0.717) is 24.7 Å². The number of anilines is 2. The molecule has 1 aromatic carbocycles. The monoisotopic (exact) mass is 387 g/mol. The van der Waals surface area contributed by atoms with Crippen LogP contribution in [0.5, 0.6) is 0 Å². The summed E-state index contributed by atoms with van der Waals surface area (Å²) in [7, 11) is 1.95. The largest absolute Gasteiger partial charge is 0.417 e. The van der Waals surface area contributed by atoms with Gasteiger partial charge in [0.2, 0.25) is 0 Å². The van der Waals surface area contributed by atoms with Crippen molar-refractivity contribution in [2.75, 3.05) is 29.9 Å². The van der Waals surface area contributed by atoms with E-state index in [4.69, 9.17) is 0 Å². The van der Waals surface area contributed by atoms with Gasteiger partial charge in [0.15, 0.2) is 0 Å². The van der Waals surface area contributed by atoms with E-state index in [1.165, 1.54) is 6.07 Å². The van der Waals surface area contributed by atoms with Gasteiger partial charge in [-0.15, -0.1) is 0 Å². The van der Waals surface area contributed by atoms with Crippen molar-refractivity contribution >= 4 is 11.5 Å². The number of aromatic nitrogens is 2. The predicted octanol–water partition coefficient (Wildman–Crippen LogP) is 3.96. The SMILES string of the molecule is CN(c1ccnc(C2CC2)n1)C1CCN(c2cccc(C(F)(F)F)c2C#N)C1. The average Bonchev–Trinajstić information content (AvgIpc) is 3.43. The van der Waals surface area contributed by atoms with Crippen LogP contribution in [0, 0.1) is 11.3 Å². The van der Waals surface area contributed by atoms with Gasteiger partial charge in [0, 0.05) is 38.3 Å². The molecule has 2 heterocycles. The highest BCUT2D eigenvalue weighted by molar-refractivity contribution is 5.64. The van der Waals surface area contributed by atoms with Crippen LogP contribution in [0.2, 0.25) is 0 Å². The highest BCUT2D eigenvalue weighted by Gasteiger charge is 2.36. The Bertz CT molecular complexity index is 917. The van der Waals surface area contributed by atoms with Crippen molar-refractivity contribution in [2.45, 2.75) is 37.4 Å². The van der Waals surface area contributed by atoms with E-state index in [1.54, 1.807) is 18.3 Å². The fourth-order valence-electron chi connectivity index (χ4n) is 3.72. The molecule has 1 aliphatic heterocycles. The Morgan fingerprint density at radius 1 is 1.21 bits per heavy atom. The molecule has 4 rings (SSSR count). The highest BCUT2D eigenvalue weighted by Crippen LogP contribution is 2.39. The summed E-state index contributed by atoms with van der Waals surface area (Å²) in [6, 6.07) is 7.63. The zero-order valence-electron chi connectivity index (χ0n) is 15.4. The van der Waals surface area contributed by atoms with E-state index in [-0.39, 0.29) is 11.6 Å². The smallest absolute Gasteiger partial charge is 0.368 e. The Kier molecular flexibility index (Phi) is 4.61. The van der Waals surface area contributed by atoms with Crippen molar-refractivity contribution in [1.82, 2.24) is 9.97 Å². The Morgan fingerprint density at radius 3 is 2.68 bits per heavy atom. The van der Waals surface area contributed by atoms with Gasteiger partial charge < -0.3 is 9.80 Å². The number of likely N-dealkylation sites (N-methyl/N-ethyl adjacent to an activating group) is 1. The number of nitriles is 1. The van der Waals surface area contributed by atoms with E-state index in [0.717, 1.165) is 37.0 Å². The average molecular weight is 387 g/mol. The number of halogens is 3. The molecule has 1 saturated carbocycles. The highest BCUT2D eigenvalue weighted by atomic mass is 19.4. The lowest BCUT2D eigenvalue weighted by atomic mass is 10.1. The van der Waals surface area contributed by atoms with E-state index in [9.17, 15) is 18.4 Å². The van der Waals surface area contributed by atoms with Crippen molar-refractivity contribution in [3.8, 4) is 6.07 Å². The first kappa shape index (κ1) is 18.5. The second kappa shape index (κ2) is 6.97. The maximum atomic E-state index is 13.2. The molecule has 2 fully saturated rings. The standard InChI is InChI=1S/C20H20F3N5/c1-27(18-7-9-25-19(26-18)13-5-6-13)14-8-10-28(12-14)17-4-2-3-16(15(17)11-24)20(21,22)23/h2-4,7,9,13-14H,5-6,8,10,12H2,1H3. The van der Waals surface area contributed by atoms with Crippen molar-refractivity contribution in [3.05, 3.63) is 47.4 Å². The van der Waals surface area contributed by atoms with Crippen LogP contribution >= 0.6 is 0 Å². The number of hydrogen-bond acceptors (Lipinski definition) is 5. The summed E-state index contributed by atoms with van der Waals surface area (Å²) >= 11 is 0. The minimum Gasteiger partial charge on any atom is -0.368 e. The number of rotatable bonds is 4. The Morgan fingerprint density at radius 2 is 2.00 bits per heavy atom. The summed E-state index contributed by atoms with van der Waals surface area (Å²) in [4.78, 5) is 12.9. The van der Waals surface area contributed by atoms with Gasteiger partial charge >= 0.3 is 6.18 Å². The molecule has 0 spiro atoms. The molecule has 2 aliphatic rings. The maximum absolute atomic E-state index is 13.2. The number of benzene rings is 1. The fourth-order valence-corrected chi connectivity index (χ4v) is 3.72. The Labute approximate surface area is 161 Å². The maximum Gasteiger partial charge on any atom is 0.417 e. The third-order valence-electron chi connectivity index (χ3n) is 5.47. The van der Waals surface area contributed by atoms with Gasteiger partial charge in [-0.2, -0.15) is 18.4 Å². The van der Waals surface area contributed by atoms with Crippen LogP contribution in [0.1, 0.15) is 42.1 Å². The molecule has 0 amide bonds. The third-order valence-corrected chi connectivity index (χ3v) is 5.47. The molecule has 28 heavy (non-hydrogen) atoms. The van der Waals surface area contributed by atoms with E-state index in [2.05, 4.69) is 14.9 Å². The van der Waals surface area contributed by atoms with Gasteiger partial charge in [-0.05, 0) is 37.5 Å². The minimum absolute atomic E-state index is 0.100. The first-order chi connectivity index (χ1) is 13.4. The topological polar surface area (TPSA) is 56.1 Å². The number of nitrogens with zero attached hydrogens (tertiary/aromatic N) is 5. The Balaban J connectivity index is 1.55. The van der Waals surface area contributed by atoms with Crippen LogP contribution in [0.3, 0.4) is 0 Å². The third kappa shape index (κ3) is 3.49. The summed E-state index contributed by atoms with van der Waals surface area (Å²) in [6.45, 7) is 1.13. The molecular weight excluding hydrogens is 367 g/mol. The fraction of sp³-hybridized carbons (Fsp3) is 0.450. The molecule has 0 bridgehead atoms. The van der Waals surface area contributed by atoms with Crippen LogP contribution < -0.4 is 9.80 Å². The van der Waals surface area contributed by atoms with Crippen LogP contribution in [0.4, 0.5) is 24.7 Å². The summed E-state index contributed by atoms with van der Waals surface area (Å²) < 4.78 is 39.7. The van der Waals surface area contributed by atoms with Gasteiger partial charge in [0.05, 0.1) is 16.8 Å². The lowest BCUT2D eigenvalue weighted by molar-refractivity contribution is -0.137. The molecule has 0 radical (unpaired) electrons. The van der Waals surface area contributed by atoms with Gasteiger partial charge in [0.1, 0.15) is 17.7 Å². The van der Waals surface area contributed by atoms with Crippen molar-refractivity contribution in [3.63, 3.8) is 0 Å². The lowest BCUT2D eigenvalue weighted by Crippen LogP contribution is -2.35. The zero-order valence-corrected chi connectivity index (χ0v) is 15.4. The first-order valence-electron chi connectivity index (χ1n) is 9.29.